The number of carbonyl (C=O) groups excluding carboxylic acids is 1. The molecule has 0 unspecified atom stereocenters. The Bertz CT molecular complexity index is 602. The van der Waals surface area contributed by atoms with E-state index in [0.29, 0.717) is 6.42 Å². The first kappa shape index (κ1) is 19.5. The standard InChI is InChI=1S/C14H21NO.C10H16/c1-8-9(2)11(4)13(6-7-14(15)16)12(5)10(8)3;1-7-2-9-4-8(1)5-10(3-7)6-9/h6-7H2,1-5H3,(H2,15,16);7-10H,1-6H2. The molecule has 4 aliphatic carbocycles. The van der Waals surface area contributed by atoms with Gasteiger partial charge in [0.2, 0.25) is 5.91 Å². The minimum Gasteiger partial charge on any atom is -0.370 e. The van der Waals surface area contributed by atoms with Crippen LogP contribution in [-0.2, 0) is 11.2 Å². The van der Waals surface area contributed by atoms with Gasteiger partial charge >= 0.3 is 0 Å². The van der Waals surface area contributed by atoms with Crippen LogP contribution in [0.25, 0.3) is 0 Å². The molecule has 0 saturated heterocycles. The Hall–Kier alpha value is -1.31. The highest BCUT2D eigenvalue weighted by Crippen LogP contribution is 2.53. The van der Waals surface area contributed by atoms with E-state index in [-0.39, 0.29) is 5.91 Å². The van der Waals surface area contributed by atoms with E-state index in [1.165, 1.54) is 57.1 Å². The lowest BCUT2D eigenvalue weighted by Crippen LogP contribution is -2.38. The van der Waals surface area contributed by atoms with Gasteiger partial charge in [0, 0.05) is 6.42 Å². The fourth-order valence-electron chi connectivity index (χ4n) is 6.18. The highest BCUT2D eigenvalue weighted by molar-refractivity contribution is 5.74. The number of benzene rings is 1. The van der Waals surface area contributed by atoms with E-state index in [1.54, 1.807) is 38.5 Å². The third kappa shape index (κ3) is 4.00. The van der Waals surface area contributed by atoms with Gasteiger partial charge in [-0.1, -0.05) is 0 Å². The fraction of sp³-hybridized carbons (Fsp3) is 0.708. The second-order valence-electron chi connectivity index (χ2n) is 9.45. The highest BCUT2D eigenvalue weighted by atomic mass is 16.1. The monoisotopic (exact) mass is 355 g/mol. The van der Waals surface area contributed by atoms with Gasteiger partial charge in [-0.3, -0.25) is 4.79 Å². The minimum atomic E-state index is -0.227. The van der Waals surface area contributed by atoms with Crippen molar-refractivity contribution in [2.75, 3.05) is 0 Å². The number of hydrogen-bond acceptors (Lipinski definition) is 1. The third-order valence-corrected chi connectivity index (χ3v) is 7.78. The number of primary amides is 1. The summed E-state index contributed by atoms with van der Waals surface area (Å²) in [6.45, 7) is 10.7. The quantitative estimate of drug-likeness (QED) is 0.766. The predicted octanol–water partition coefficient (Wildman–Crippen LogP) is 5.48. The first-order chi connectivity index (χ1) is 12.3. The Morgan fingerprint density at radius 3 is 1.31 bits per heavy atom. The lowest BCUT2D eigenvalue weighted by atomic mass is 9.56. The Balaban J connectivity index is 0.000000164. The second kappa shape index (κ2) is 7.74. The molecule has 0 heterocycles. The molecule has 0 aliphatic heterocycles. The van der Waals surface area contributed by atoms with Crippen LogP contribution in [0, 0.1) is 58.3 Å². The zero-order valence-corrected chi connectivity index (χ0v) is 17.5. The van der Waals surface area contributed by atoms with Crippen molar-refractivity contribution in [3.05, 3.63) is 33.4 Å². The molecule has 4 aliphatic rings. The number of hydrogen-bond donors (Lipinski definition) is 1. The molecule has 2 heteroatoms. The zero-order chi connectivity index (χ0) is 19.0. The van der Waals surface area contributed by atoms with Crippen molar-refractivity contribution >= 4 is 5.91 Å². The molecule has 2 nitrogen and oxygen atoms in total. The summed E-state index contributed by atoms with van der Waals surface area (Å²) < 4.78 is 0. The first-order valence-electron chi connectivity index (χ1n) is 10.6. The summed E-state index contributed by atoms with van der Waals surface area (Å²) in [5.74, 6) is 4.48. The Labute approximate surface area is 159 Å². The maximum absolute atomic E-state index is 10.9. The molecule has 5 rings (SSSR count). The zero-order valence-electron chi connectivity index (χ0n) is 17.5. The van der Waals surface area contributed by atoms with E-state index in [9.17, 15) is 4.79 Å². The van der Waals surface area contributed by atoms with Gasteiger partial charge in [-0.2, -0.15) is 0 Å². The minimum absolute atomic E-state index is 0.227. The number of amides is 1. The SMILES string of the molecule is C1C2CC3CC1CC(C2)C3.Cc1c(C)c(C)c(CCC(N)=O)c(C)c1C. The van der Waals surface area contributed by atoms with Crippen LogP contribution in [0.5, 0.6) is 0 Å². The van der Waals surface area contributed by atoms with Gasteiger partial charge in [-0.05, 0) is 137 Å². The Morgan fingerprint density at radius 1 is 0.692 bits per heavy atom. The highest BCUT2D eigenvalue weighted by Gasteiger charge is 2.41. The molecule has 4 bridgehead atoms. The van der Waals surface area contributed by atoms with Crippen molar-refractivity contribution in [1.29, 1.82) is 0 Å². The normalized spacial score (nSPS) is 28.7. The molecule has 26 heavy (non-hydrogen) atoms. The van der Waals surface area contributed by atoms with Crippen molar-refractivity contribution in [1.82, 2.24) is 0 Å². The van der Waals surface area contributed by atoms with Crippen LogP contribution in [0.15, 0.2) is 0 Å². The molecule has 0 aromatic heterocycles. The summed E-state index contributed by atoms with van der Waals surface area (Å²) in [6, 6.07) is 0. The topological polar surface area (TPSA) is 43.1 Å². The van der Waals surface area contributed by atoms with Crippen LogP contribution in [0.3, 0.4) is 0 Å². The van der Waals surface area contributed by atoms with Gasteiger partial charge in [-0.25, -0.2) is 0 Å². The summed E-state index contributed by atoms with van der Waals surface area (Å²) in [7, 11) is 0. The maximum atomic E-state index is 10.9. The third-order valence-electron chi connectivity index (χ3n) is 7.78. The van der Waals surface area contributed by atoms with Crippen LogP contribution in [0.1, 0.15) is 78.3 Å². The van der Waals surface area contributed by atoms with Gasteiger partial charge in [0.25, 0.3) is 0 Å². The van der Waals surface area contributed by atoms with Crippen molar-refractivity contribution in [2.45, 2.75) is 86.0 Å². The molecule has 0 radical (unpaired) electrons. The van der Waals surface area contributed by atoms with Crippen molar-refractivity contribution in [2.24, 2.45) is 29.4 Å². The van der Waals surface area contributed by atoms with E-state index in [1.807, 2.05) is 0 Å². The number of nitrogens with two attached hydrogens (primary N) is 1. The average Bonchev–Trinajstić information content (AvgIpc) is 2.57. The first-order valence-corrected chi connectivity index (χ1v) is 10.6. The molecule has 1 aromatic rings. The summed E-state index contributed by atoms with van der Waals surface area (Å²) in [5.41, 5.74) is 13.1. The summed E-state index contributed by atoms with van der Waals surface area (Å²) >= 11 is 0. The van der Waals surface area contributed by atoms with Gasteiger partial charge in [0.1, 0.15) is 0 Å². The lowest BCUT2D eigenvalue weighted by Gasteiger charge is -2.49. The van der Waals surface area contributed by atoms with E-state index in [2.05, 4.69) is 34.6 Å². The van der Waals surface area contributed by atoms with Crippen LogP contribution in [-0.4, -0.2) is 5.91 Å². The van der Waals surface area contributed by atoms with Crippen LogP contribution < -0.4 is 5.73 Å². The maximum Gasteiger partial charge on any atom is 0.217 e. The van der Waals surface area contributed by atoms with E-state index >= 15 is 0 Å². The Morgan fingerprint density at radius 2 is 1.00 bits per heavy atom. The molecule has 1 aromatic carbocycles. The summed E-state index contributed by atoms with van der Waals surface area (Å²) in [4.78, 5) is 10.9. The average molecular weight is 356 g/mol. The van der Waals surface area contributed by atoms with Gasteiger partial charge in [-0.15, -0.1) is 0 Å². The molecule has 144 valence electrons. The molecule has 1 amide bonds. The molecule has 0 spiro atoms. The second-order valence-corrected chi connectivity index (χ2v) is 9.45. The molecular weight excluding hydrogens is 318 g/mol. The largest absolute Gasteiger partial charge is 0.370 e. The smallest absolute Gasteiger partial charge is 0.217 e. The van der Waals surface area contributed by atoms with Crippen molar-refractivity contribution in [3.8, 4) is 0 Å². The number of rotatable bonds is 3. The molecule has 4 saturated carbocycles. The summed E-state index contributed by atoms with van der Waals surface area (Å²) in [5, 5.41) is 0. The number of carbonyl (C=O) groups is 1. The molecule has 4 fully saturated rings. The van der Waals surface area contributed by atoms with Crippen molar-refractivity contribution in [3.63, 3.8) is 0 Å². The van der Waals surface area contributed by atoms with Crippen LogP contribution in [0.4, 0.5) is 0 Å². The van der Waals surface area contributed by atoms with Gasteiger partial charge in [0.15, 0.2) is 0 Å². The van der Waals surface area contributed by atoms with Crippen LogP contribution in [0.2, 0.25) is 0 Å². The van der Waals surface area contributed by atoms with Crippen LogP contribution >= 0.6 is 0 Å². The lowest BCUT2D eigenvalue weighted by molar-refractivity contribution is -0.117. The molecular formula is C24H37NO. The van der Waals surface area contributed by atoms with E-state index in [4.69, 9.17) is 5.73 Å². The summed E-state index contributed by atoms with van der Waals surface area (Å²) in [6.07, 6.45) is 10.8. The Kier molecular flexibility index (Phi) is 5.79. The fourth-order valence-corrected chi connectivity index (χ4v) is 6.18. The van der Waals surface area contributed by atoms with Gasteiger partial charge in [0.05, 0.1) is 0 Å². The van der Waals surface area contributed by atoms with Crippen molar-refractivity contribution < 1.29 is 4.79 Å². The van der Waals surface area contributed by atoms with E-state index in [0.717, 1.165) is 6.42 Å². The van der Waals surface area contributed by atoms with E-state index < -0.39 is 0 Å². The predicted molar refractivity (Wildman–Crippen MR) is 109 cm³/mol. The molecule has 2 N–H and O–H groups in total. The van der Waals surface area contributed by atoms with Gasteiger partial charge < -0.3 is 5.73 Å². The molecule has 0 atom stereocenters.